The van der Waals surface area contributed by atoms with Gasteiger partial charge in [0.05, 0.1) is 10.9 Å². The van der Waals surface area contributed by atoms with E-state index in [2.05, 4.69) is 21.4 Å². The maximum Gasteiger partial charge on any atom is 0.237 e. The summed E-state index contributed by atoms with van der Waals surface area (Å²) in [4.78, 5) is 32.3. The minimum absolute atomic E-state index is 0.0120. The van der Waals surface area contributed by atoms with Crippen LogP contribution in [0.4, 0.5) is 5.82 Å². The Balaban J connectivity index is 1.67. The predicted octanol–water partition coefficient (Wildman–Crippen LogP) is 2.43. The standard InChI is InChI=1S/C19H13N3O2/c23-10-11-4-12-5-13-7-19(8-14(13)6-16(12)21-9-11)15-2-1-3-20-17(15)22-18(19)24/h1-6,9-10H,7-8H2,(H,20,22,24)/t19-/m1/s1. The molecule has 0 fully saturated rings. The van der Waals surface area contributed by atoms with Gasteiger partial charge in [-0.05, 0) is 48.2 Å². The average molecular weight is 315 g/mol. The van der Waals surface area contributed by atoms with E-state index in [1.807, 2.05) is 24.3 Å². The largest absolute Gasteiger partial charge is 0.310 e. The van der Waals surface area contributed by atoms with Gasteiger partial charge in [0, 0.05) is 28.9 Å². The number of pyridine rings is 2. The van der Waals surface area contributed by atoms with Crippen molar-refractivity contribution in [1.82, 2.24) is 9.97 Å². The zero-order chi connectivity index (χ0) is 16.3. The molecule has 1 aliphatic carbocycles. The van der Waals surface area contributed by atoms with E-state index in [9.17, 15) is 9.59 Å². The van der Waals surface area contributed by atoms with Crippen molar-refractivity contribution in [1.29, 1.82) is 0 Å². The fraction of sp³-hybridized carbons (Fsp3) is 0.158. The molecule has 1 atom stereocenters. The van der Waals surface area contributed by atoms with Gasteiger partial charge in [-0.2, -0.15) is 0 Å². The summed E-state index contributed by atoms with van der Waals surface area (Å²) in [5, 5.41) is 3.84. The maximum absolute atomic E-state index is 12.7. The molecule has 3 heterocycles. The van der Waals surface area contributed by atoms with Crippen molar-refractivity contribution >= 4 is 28.9 Å². The van der Waals surface area contributed by atoms with Crippen LogP contribution >= 0.6 is 0 Å². The SMILES string of the molecule is O=Cc1cnc2cc3c(cc2c1)C[C@]1(C3)C(=O)Nc2ncccc21. The molecule has 0 saturated heterocycles. The summed E-state index contributed by atoms with van der Waals surface area (Å²) in [6.45, 7) is 0. The van der Waals surface area contributed by atoms with E-state index in [1.165, 1.54) is 0 Å². The van der Waals surface area contributed by atoms with Gasteiger partial charge < -0.3 is 5.32 Å². The van der Waals surface area contributed by atoms with Gasteiger partial charge in [0.25, 0.3) is 0 Å². The Morgan fingerprint density at radius 1 is 1.12 bits per heavy atom. The van der Waals surface area contributed by atoms with Crippen molar-refractivity contribution < 1.29 is 9.59 Å². The number of aromatic nitrogens is 2. The molecular weight excluding hydrogens is 302 g/mol. The molecule has 1 aliphatic heterocycles. The number of hydrogen-bond donors (Lipinski definition) is 1. The number of anilines is 1. The lowest BCUT2D eigenvalue weighted by Crippen LogP contribution is -2.35. The van der Waals surface area contributed by atoms with E-state index in [-0.39, 0.29) is 5.91 Å². The van der Waals surface area contributed by atoms with Gasteiger partial charge in [-0.3, -0.25) is 14.6 Å². The lowest BCUT2D eigenvalue weighted by molar-refractivity contribution is -0.120. The summed E-state index contributed by atoms with van der Waals surface area (Å²) < 4.78 is 0. The van der Waals surface area contributed by atoms with Gasteiger partial charge in [0.1, 0.15) is 5.82 Å². The minimum Gasteiger partial charge on any atom is -0.310 e. The highest BCUT2D eigenvalue weighted by Gasteiger charge is 2.51. The number of benzene rings is 1. The summed E-state index contributed by atoms with van der Waals surface area (Å²) in [6, 6.07) is 9.79. The summed E-state index contributed by atoms with van der Waals surface area (Å²) in [7, 11) is 0. The molecule has 0 radical (unpaired) electrons. The number of rotatable bonds is 1. The number of fused-ring (bicyclic) bond motifs is 4. The maximum atomic E-state index is 12.7. The molecule has 5 heteroatoms. The molecule has 0 unspecified atom stereocenters. The third-order valence-electron chi connectivity index (χ3n) is 5.13. The van der Waals surface area contributed by atoms with Crippen molar-refractivity contribution in [2.75, 3.05) is 5.32 Å². The van der Waals surface area contributed by atoms with E-state index in [0.717, 1.165) is 33.9 Å². The van der Waals surface area contributed by atoms with Crippen LogP contribution in [-0.2, 0) is 23.1 Å². The smallest absolute Gasteiger partial charge is 0.237 e. The minimum atomic E-state index is -0.573. The summed E-state index contributed by atoms with van der Waals surface area (Å²) >= 11 is 0. The average Bonchev–Trinajstić information content (AvgIpc) is 3.10. The zero-order valence-electron chi connectivity index (χ0n) is 12.7. The molecular formula is C19H13N3O2. The van der Waals surface area contributed by atoms with Crippen molar-refractivity contribution in [3.05, 3.63) is 65.0 Å². The predicted molar refractivity (Wildman–Crippen MR) is 89.1 cm³/mol. The summed E-state index contributed by atoms with van der Waals surface area (Å²) in [6.07, 6.45) is 5.37. The molecule has 24 heavy (non-hydrogen) atoms. The van der Waals surface area contributed by atoms with Crippen molar-refractivity contribution in [2.24, 2.45) is 0 Å². The van der Waals surface area contributed by atoms with E-state index < -0.39 is 5.41 Å². The first kappa shape index (κ1) is 13.4. The van der Waals surface area contributed by atoms with Crippen LogP contribution < -0.4 is 5.32 Å². The molecule has 0 saturated carbocycles. The Bertz CT molecular complexity index is 1040. The van der Waals surface area contributed by atoms with Gasteiger partial charge in [-0.1, -0.05) is 6.07 Å². The highest BCUT2D eigenvalue weighted by molar-refractivity contribution is 6.06. The molecule has 5 nitrogen and oxygen atoms in total. The van der Waals surface area contributed by atoms with Crippen LogP contribution in [0.3, 0.4) is 0 Å². The number of nitrogens with one attached hydrogen (secondary N) is 1. The Hall–Kier alpha value is -3.08. The van der Waals surface area contributed by atoms with Crippen LogP contribution in [0.15, 0.2) is 42.7 Å². The fourth-order valence-corrected chi connectivity index (χ4v) is 3.98. The van der Waals surface area contributed by atoms with Gasteiger partial charge in [-0.25, -0.2) is 4.98 Å². The number of aldehydes is 1. The van der Waals surface area contributed by atoms with Crippen molar-refractivity contribution in [3.63, 3.8) is 0 Å². The van der Waals surface area contributed by atoms with Crippen LogP contribution in [0.5, 0.6) is 0 Å². The van der Waals surface area contributed by atoms with Crippen LogP contribution in [0.2, 0.25) is 0 Å². The first-order valence-electron chi connectivity index (χ1n) is 7.83. The molecule has 1 amide bonds. The topological polar surface area (TPSA) is 72.0 Å². The highest BCUT2D eigenvalue weighted by atomic mass is 16.2. The molecule has 1 aromatic carbocycles. The summed E-state index contributed by atoms with van der Waals surface area (Å²) in [5.41, 5.74) is 4.08. The quantitative estimate of drug-likeness (QED) is 0.700. The number of hydrogen-bond acceptors (Lipinski definition) is 4. The van der Waals surface area contributed by atoms with Gasteiger partial charge in [0.2, 0.25) is 5.91 Å². The third-order valence-corrected chi connectivity index (χ3v) is 5.13. The van der Waals surface area contributed by atoms with Crippen molar-refractivity contribution in [3.8, 4) is 0 Å². The lowest BCUT2D eigenvalue weighted by atomic mass is 9.79. The second kappa shape index (κ2) is 4.47. The Morgan fingerprint density at radius 3 is 2.79 bits per heavy atom. The normalized spacial score (nSPS) is 20.9. The number of nitrogens with zero attached hydrogens (tertiary/aromatic N) is 2. The monoisotopic (exact) mass is 315 g/mol. The highest BCUT2D eigenvalue weighted by Crippen LogP contribution is 2.47. The third kappa shape index (κ3) is 1.64. The second-order valence-electron chi connectivity index (χ2n) is 6.49. The van der Waals surface area contributed by atoms with E-state index in [0.29, 0.717) is 24.2 Å². The van der Waals surface area contributed by atoms with Crippen LogP contribution in [0.1, 0.15) is 27.0 Å². The molecule has 1 spiro atoms. The second-order valence-corrected chi connectivity index (χ2v) is 6.49. The van der Waals surface area contributed by atoms with Crippen LogP contribution in [-0.4, -0.2) is 22.2 Å². The number of amides is 1. The first-order chi connectivity index (χ1) is 11.7. The van der Waals surface area contributed by atoms with Gasteiger partial charge in [0.15, 0.2) is 6.29 Å². The summed E-state index contributed by atoms with van der Waals surface area (Å²) in [5.74, 6) is 0.680. The Morgan fingerprint density at radius 2 is 1.96 bits per heavy atom. The molecule has 5 rings (SSSR count). The fourth-order valence-electron chi connectivity index (χ4n) is 3.98. The van der Waals surface area contributed by atoms with Crippen LogP contribution in [0, 0.1) is 0 Å². The molecule has 3 aromatic rings. The Labute approximate surface area is 137 Å². The number of carbonyl (C=O) groups is 2. The molecule has 2 aliphatic rings. The molecule has 0 bridgehead atoms. The van der Waals surface area contributed by atoms with Crippen LogP contribution in [0.25, 0.3) is 10.9 Å². The Kier molecular flexibility index (Phi) is 2.49. The number of carbonyl (C=O) groups excluding carboxylic acids is 2. The van der Waals surface area contributed by atoms with Gasteiger partial charge >= 0.3 is 0 Å². The van der Waals surface area contributed by atoms with Crippen molar-refractivity contribution in [2.45, 2.75) is 18.3 Å². The molecule has 2 aromatic heterocycles. The zero-order valence-corrected chi connectivity index (χ0v) is 12.7. The molecule has 116 valence electrons. The van der Waals surface area contributed by atoms with E-state index >= 15 is 0 Å². The van der Waals surface area contributed by atoms with E-state index in [4.69, 9.17) is 0 Å². The first-order valence-corrected chi connectivity index (χ1v) is 7.83. The van der Waals surface area contributed by atoms with Gasteiger partial charge in [-0.15, -0.1) is 0 Å². The lowest BCUT2D eigenvalue weighted by Gasteiger charge is -2.20. The van der Waals surface area contributed by atoms with E-state index in [1.54, 1.807) is 12.4 Å². The molecule has 1 N–H and O–H groups in total.